The van der Waals surface area contributed by atoms with Crippen molar-refractivity contribution in [2.75, 3.05) is 0 Å². The number of hydrogen-bond donors (Lipinski definition) is 2. The highest BCUT2D eigenvalue weighted by Gasteiger charge is 2.10. The molecule has 0 saturated heterocycles. The molecule has 1 aromatic heterocycles. The molecule has 2 aromatic carbocycles. The van der Waals surface area contributed by atoms with Crippen molar-refractivity contribution in [3.8, 4) is 11.3 Å². The molecule has 3 nitrogen and oxygen atoms in total. The molecule has 0 amide bonds. The Morgan fingerprint density at radius 3 is 2.48 bits per heavy atom. The predicted molar refractivity (Wildman–Crippen MR) is 81.1 cm³/mol. The van der Waals surface area contributed by atoms with Crippen LogP contribution in [0.3, 0.4) is 0 Å². The summed E-state index contributed by atoms with van der Waals surface area (Å²) in [7, 11) is 0. The number of hydrogen-bond acceptors (Lipinski definition) is 2. The normalized spacial score (nSPS) is 12.3. The Morgan fingerprint density at radius 2 is 1.76 bits per heavy atom. The maximum absolute atomic E-state index is 12.9. The zero-order chi connectivity index (χ0) is 14.7. The van der Waals surface area contributed by atoms with Crippen molar-refractivity contribution in [3.05, 3.63) is 78.0 Å². The van der Waals surface area contributed by atoms with Crippen LogP contribution < -0.4 is 5.73 Å². The van der Waals surface area contributed by atoms with Crippen molar-refractivity contribution in [1.29, 1.82) is 0 Å². The number of aromatic amines is 1. The number of aromatic nitrogens is 2. The lowest BCUT2D eigenvalue weighted by atomic mass is 10.0. The number of halogens is 1. The standard InChI is InChI=1S/C17H16FN3/c18-14-8-6-13(7-9-14)16-11-20-17(21-16)10-15(19)12-4-2-1-3-5-12/h1-9,11,15H,10,19H2,(H,20,21). The first-order valence-electron chi connectivity index (χ1n) is 6.83. The minimum Gasteiger partial charge on any atom is -0.342 e. The van der Waals surface area contributed by atoms with Gasteiger partial charge in [0.1, 0.15) is 11.6 Å². The maximum atomic E-state index is 12.9. The zero-order valence-corrected chi connectivity index (χ0v) is 11.5. The van der Waals surface area contributed by atoms with Crippen molar-refractivity contribution >= 4 is 0 Å². The molecule has 4 heteroatoms. The zero-order valence-electron chi connectivity index (χ0n) is 11.5. The summed E-state index contributed by atoms with van der Waals surface area (Å²) in [5.41, 5.74) is 9.04. The van der Waals surface area contributed by atoms with E-state index in [4.69, 9.17) is 5.73 Å². The number of benzene rings is 2. The van der Waals surface area contributed by atoms with Crippen LogP contribution in [0, 0.1) is 5.82 Å². The van der Waals surface area contributed by atoms with Crippen LogP contribution in [0.1, 0.15) is 17.4 Å². The average Bonchev–Trinajstić information content (AvgIpc) is 2.97. The van der Waals surface area contributed by atoms with Gasteiger partial charge in [-0.3, -0.25) is 0 Å². The van der Waals surface area contributed by atoms with Gasteiger partial charge < -0.3 is 10.7 Å². The number of nitrogens with one attached hydrogen (secondary N) is 1. The van der Waals surface area contributed by atoms with E-state index in [1.165, 1.54) is 12.1 Å². The number of rotatable bonds is 4. The summed E-state index contributed by atoms with van der Waals surface area (Å²) in [5.74, 6) is 0.579. The van der Waals surface area contributed by atoms with Gasteiger partial charge in [-0.05, 0) is 35.4 Å². The van der Waals surface area contributed by atoms with Gasteiger partial charge in [-0.1, -0.05) is 30.3 Å². The van der Waals surface area contributed by atoms with Crippen molar-refractivity contribution < 1.29 is 4.39 Å². The summed E-state index contributed by atoms with van der Waals surface area (Å²) in [5, 5.41) is 0. The molecule has 0 aliphatic carbocycles. The topological polar surface area (TPSA) is 54.7 Å². The van der Waals surface area contributed by atoms with Gasteiger partial charge in [-0.2, -0.15) is 0 Å². The molecule has 21 heavy (non-hydrogen) atoms. The largest absolute Gasteiger partial charge is 0.342 e. The molecule has 0 aliphatic heterocycles. The highest BCUT2D eigenvalue weighted by atomic mass is 19.1. The number of nitrogens with zero attached hydrogens (tertiary/aromatic N) is 1. The van der Waals surface area contributed by atoms with Crippen molar-refractivity contribution in [2.24, 2.45) is 5.73 Å². The lowest BCUT2D eigenvalue weighted by Gasteiger charge is -2.09. The molecule has 0 saturated carbocycles. The Hall–Kier alpha value is -2.46. The van der Waals surface area contributed by atoms with Crippen LogP contribution in [0.2, 0.25) is 0 Å². The van der Waals surface area contributed by atoms with Crippen molar-refractivity contribution in [3.63, 3.8) is 0 Å². The van der Waals surface area contributed by atoms with Gasteiger partial charge in [-0.25, -0.2) is 9.37 Å². The minimum atomic E-state index is -0.246. The van der Waals surface area contributed by atoms with Gasteiger partial charge >= 0.3 is 0 Å². The van der Waals surface area contributed by atoms with E-state index < -0.39 is 0 Å². The summed E-state index contributed by atoms with van der Waals surface area (Å²) < 4.78 is 12.9. The van der Waals surface area contributed by atoms with E-state index in [2.05, 4.69) is 9.97 Å². The number of imidazole rings is 1. The predicted octanol–water partition coefficient (Wildman–Crippen LogP) is 3.46. The fourth-order valence-electron chi connectivity index (χ4n) is 2.27. The van der Waals surface area contributed by atoms with Crippen LogP contribution in [0.15, 0.2) is 60.8 Å². The molecule has 1 atom stereocenters. The third-order valence-electron chi connectivity index (χ3n) is 3.42. The Balaban J connectivity index is 1.75. The van der Waals surface area contributed by atoms with Gasteiger partial charge in [0.2, 0.25) is 0 Å². The van der Waals surface area contributed by atoms with E-state index in [1.54, 1.807) is 18.3 Å². The lowest BCUT2D eigenvalue weighted by Crippen LogP contribution is -2.13. The van der Waals surface area contributed by atoms with E-state index in [9.17, 15) is 4.39 Å². The second-order valence-electron chi connectivity index (χ2n) is 4.97. The Morgan fingerprint density at radius 1 is 1.05 bits per heavy atom. The molecule has 0 radical (unpaired) electrons. The summed E-state index contributed by atoms with van der Waals surface area (Å²) in [6, 6.07) is 16.2. The highest BCUT2D eigenvalue weighted by Crippen LogP contribution is 2.19. The van der Waals surface area contributed by atoms with Gasteiger partial charge in [0.15, 0.2) is 0 Å². The monoisotopic (exact) mass is 281 g/mol. The van der Waals surface area contributed by atoms with E-state index >= 15 is 0 Å². The average molecular weight is 281 g/mol. The molecule has 3 aromatic rings. The molecule has 0 spiro atoms. The molecule has 0 aliphatic rings. The van der Waals surface area contributed by atoms with E-state index in [-0.39, 0.29) is 11.9 Å². The first kappa shape index (κ1) is 13.5. The van der Waals surface area contributed by atoms with E-state index in [0.717, 1.165) is 22.6 Å². The summed E-state index contributed by atoms with van der Waals surface area (Å²) in [6.07, 6.45) is 2.38. The van der Waals surface area contributed by atoms with Gasteiger partial charge in [-0.15, -0.1) is 0 Å². The first-order chi connectivity index (χ1) is 10.2. The van der Waals surface area contributed by atoms with Crippen LogP contribution in [-0.2, 0) is 6.42 Å². The second-order valence-corrected chi connectivity index (χ2v) is 4.97. The smallest absolute Gasteiger partial charge is 0.123 e. The van der Waals surface area contributed by atoms with Gasteiger partial charge in [0, 0.05) is 12.5 Å². The summed E-state index contributed by atoms with van der Waals surface area (Å²) in [4.78, 5) is 7.59. The molecule has 0 bridgehead atoms. The van der Waals surface area contributed by atoms with Crippen molar-refractivity contribution in [1.82, 2.24) is 9.97 Å². The summed E-state index contributed by atoms with van der Waals surface area (Å²) in [6.45, 7) is 0. The molecule has 1 unspecified atom stereocenters. The third-order valence-corrected chi connectivity index (χ3v) is 3.42. The van der Waals surface area contributed by atoms with E-state index in [1.807, 2.05) is 30.3 Å². The fourth-order valence-corrected chi connectivity index (χ4v) is 2.27. The number of nitrogens with two attached hydrogens (primary N) is 1. The van der Waals surface area contributed by atoms with E-state index in [0.29, 0.717) is 6.42 Å². The molecular weight excluding hydrogens is 265 g/mol. The van der Waals surface area contributed by atoms with Crippen molar-refractivity contribution in [2.45, 2.75) is 12.5 Å². The lowest BCUT2D eigenvalue weighted by molar-refractivity contribution is 0.628. The third kappa shape index (κ3) is 3.17. The first-order valence-corrected chi connectivity index (χ1v) is 6.83. The van der Waals surface area contributed by atoms with Crippen LogP contribution in [0.4, 0.5) is 4.39 Å². The SMILES string of the molecule is NC(Cc1ncc(-c2ccc(F)cc2)[nH]1)c1ccccc1. The Bertz CT molecular complexity index is 704. The van der Waals surface area contributed by atoms with Crippen LogP contribution >= 0.6 is 0 Å². The molecular formula is C17H16FN3. The molecule has 1 heterocycles. The molecule has 0 fully saturated rings. The van der Waals surface area contributed by atoms with Gasteiger partial charge in [0.05, 0.1) is 11.9 Å². The van der Waals surface area contributed by atoms with Crippen LogP contribution in [0.25, 0.3) is 11.3 Å². The second kappa shape index (κ2) is 5.89. The van der Waals surface area contributed by atoms with Crippen LogP contribution in [-0.4, -0.2) is 9.97 Å². The van der Waals surface area contributed by atoms with Gasteiger partial charge in [0.25, 0.3) is 0 Å². The highest BCUT2D eigenvalue weighted by molar-refractivity contribution is 5.58. The molecule has 106 valence electrons. The van der Waals surface area contributed by atoms with Crippen LogP contribution in [0.5, 0.6) is 0 Å². The summed E-state index contributed by atoms with van der Waals surface area (Å²) >= 11 is 0. The molecule has 3 rings (SSSR count). The number of H-pyrrole nitrogens is 1. The quantitative estimate of drug-likeness (QED) is 0.769. The Kier molecular flexibility index (Phi) is 3.79. The fraction of sp³-hybridized carbons (Fsp3) is 0.118. The minimum absolute atomic E-state index is 0.0987. The molecule has 3 N–H and O–H groups in total. The maximum Gasteiger partial charge on any atom is 0.123 e. The Labute approximate surface area is 122 Å².